The van der Waals surface area contributed by atoms with E-state index in [4.69, 9.17) is 4.74 Å². The number of halogens is 1. The van der Waals surface area contributed by atoms with E-state index in [1.54, 1.807) is 11.6 Å². The molecule has 2 saturated carbocycles. The third kappa shape index (κ3) is 3.20. The van der Waals surface area contributed by atoms with Crippen molar-refractivity contribution in [3.8, 4) is 0 Å². The lowest BCUT2D eigenvalue weighted by atomic mass is 9.61. The fourth-order valence-electron chi connectivity index (χ4n) is 5.46. The SMILES string of the molecule is C[C@H](CCC1=C[C@@](C)(O)C(=O)O1)[C@H]1CCC2C(=CI)CCC[C@@]21C. The average molecular weight is 444 g/mol. The van der Waals surface area contributed by atoms with Gasteiger partial charge in [0.1, 0.15) is 5.76 Å². The van der Waals surface area contributed by atoms with Gasteiger partial charge in [0.15, 0.2) is 5.60 Å². The van der Waals surface area contributed by atoms with Crippen LogP contribution in [0.25, 0.3) is 0 Å². The zero-order chi connectivity index (χ0) is 17.5. The summed E-state index contributed by atoms with van der Waals surface area (Å²) in [6, 6.07) is 0. The molecule has 0 aromatic heterocycles. The summed E-state index contributed by atoms with van der Waals surface area (Å²) in [6.07, 6.45) is 9.92. The van der Waals surface area contributed by atoms with Gasteiger partial charge in [0.2, 0.25) is 0 Å². The van der Waals surface area contributed by atoms with Gasteiger partial charge in [-0.3, -0.25) is 0 Å². The Hall–Kier alpha value is -0.360. The minimum absolute atomic E-state index is 0.431. The quantitative estimate of drug-likeness (QED) is 0.483. The zero-order valence-electron chi connectivity index (χ0n) is 15.0. The molecule has 1 heterocycles. The molecule has 0 bridgehead atoms. The molecule has 134 valence electrons. The summed E-state index contributed by atoms with van der Waals surface area (Å²) >= 11 is 2.42. The molecule has 0 radical (unpaired) electrons. The summed E-state index contributed by atoms with van der Waals surface area (Å²) < 4.78 is 7.55. The first-order valence-corrected chi connectivity index (χ1v) is 10.5. The first-order valence-electron chi connectivity index (χ1n) is 9.23. The lowest BCUT2D eigenvalue weighted by Gasteiger charge is -2.44. The Labute approximate surface area is 159 Å². The van der Waals surface area contributed by atoms with Crippen molar-refractivity contribution in [2.24, 2.45) is 23.2 Å². The van der Waals surface area contributed by atoms with Crippen LogP contribution in [0.5, 0.6) is 0 Å². The van der Waals surface area contributed by atoms with Gasteiger partial charge in [-0.05, 0) is 78.8 Å². The van der Waals surface area contributed by atoms with E-state index in [9.17, 15) is 9.90 Å². The monoisotopic (exact) mass is 444 g/mol. The van der Waals surface area contributed by atoms with Crippen LogP contribution in [0.4, 0.5) is 0 Å². The van der Waals surface area contributed by atoms with E-state index >= 15 is 0 Å². The van der Waals surface area contributed by atoms with Crippen LogP contribution in [0.3, 0.4) is 0 Å². The first kappa shape index (κ1) is 18.4. The molecular weight excluding hydrogens is 415 g/mol. The Bertz CT molecular complexity index is 577. The van der Waals surface area contributed by atoms with Crippen LogP contribution in [0.2, 0.25) is 0 Å². The number of allylic oxidation sites excluding steroid dienone is 2. The number of hydrogen-bond donors (Lipinski definition) is 1. The van der Waals surface area contributed by atoms with Gasteiger partial charge in [0, 0.05) is 6.42 Å². The summed E-state index contributed by atoms with van der Waals surface area (Å²) in [5.41, 5.74) is 0.662. The molecule has 4 heteroatoms. The van der Waals surface area contributed by atoms with Gasteiger partial charge in [-0.2, -0.15) is 0 Å². The van der Waals surface area contributed by atoms with Crippen LogP contribution in [0.15, 0.2) is 21.5 Å². The van der Waals surface area contributed by atoms with Crippen LogP contribution in [0, 0.1) is 23.2 Å². The molecule has 1 N–H and O–H groups in total. The highest BCUT2D eigenvalue weighted by Gasteiger charge is 2.50. The number of rotatable bonds is 4. The molecule has 1 unspecified atom stereocenters. The van der Waals surface area contributed by atoms with Gasteiger partial charge in [0.25, 0.3) is 0 Å². The van der Waals surface area contributed by atoms with Crippen molar-refractivity contribution < 1.29 is 14.6 Å². The molecule has 1 aliphatic heterocycles. The predicted molar refractivity (Wildman–Crippen MR) is 103 cm³/mol. The summed E-state index contributed by atoms with van der Waals surface area (Å²) in [7, 11) is 0. The van der Waals surface area contributed by atoms with E-state index in [0.29, 0.717) is 17.1 Å². The molecule has 0 saturated heterocycles. The highest BCUT2D eigenvalue weighted by Crippen LogP contribution is 2.60. The Balaban J connectivity index is 1.64. The van der Waals surface area contributed by atoms with Crippen molar-refractivity contribution >= 4 is 28.6 Å². The molecule has 3 aliphatic rings. The molecule has 5 atom stereocenters. The number of hydrogen-bond acceptors (Lipinski definition) is 3. The third-order valence-corrected chi connectivity index (χ3v) is 7.59. The van der Waals surface area contributed by atoms with E-state index in [1.807, 2.05) is 0 Å². The van der Waals surface area contributed by atoms with Crippen molar-refractivity contribution in [3.63, 3.8) is 0 Å². The van der Waals surface area contributed by atoms with Gasteiger partial charge < -0.3 is 9.84 Å². The second-order valence-corrected chi connectivity index (χ2v) is 9.07. The van der Waals surface area contributed by atoms with E-state index in [-0.39, 0.29) is 0 Å². The number of cyclic esters (lactones) is 1. The van der Waals surface area contributed by atoms with Gasteiger partial charge >= 0.3 is 5.97 Å². The van der Waals surface area contributed by atoms with Gasteiger partial charge in [-0.1, -0.05) is 42.0 Å². The lowest BCUT2D eigenvalue weighted by Crippen LogP contribution is -2.35. The highest BCUT2D eigenvalue weighted by molar-refractivity contribution is 14.1. The molecule has 2 fully saturated rings. The molecule has 2 aliphatic carbocycles. The number of carbonyl (C=O) groups is 1. The predicted octanol–water partition coefficient (Wildman–Crippen LogP) is 5.13. The number of fused-ring (bicyclic) bond motifs is 1. The lowest BCUT2D eigenvalue weighted by molar-refractivity contribution is -0.150. The molecule has 3 nitrogen and oxygen atoms in total. The third-order valence-electron chi connectivity index (χ3n) is 6.79. The van der Waals surface area contributed by atoms with Crippen molar-refractivity contribution in [2.45, 2.75) is 71.3 Å². The minimum Gasteiger partial charge on any atom is -0.429 e. The Morgan fingerprint density at radius 1 is 1.46 bits per heavy atom. The summed E-state index contributed by atoms with van der Waals surface area (Å²) in [6.45, 7) is 6.36. The number of ether oxygens (including phenoxy) is 1. The largest absolute Gasteiger partial charge is 0.429 e. The molecule has 3 rings (SSSR count). The summed E-state index contributed by atoms with van der Waals surface area (Å²) in [4.78, 5) is 11.6. The molecule has 24 heavy (non-hydrogen) atoms. The highest BCUT2D eigenvalue weighted by atomic mass is 127. The number of carbonyl (C=O) groups excluding carboxylic acids is 1. The zero-order valence-corrected chi connectivity index (χ0v) is 17.1. The molecule has 0 amide bonds. The smallest absolute Gasteiger partial charge is 0.347 e. The number of esters is 1. The normalized spacial score (nSPS) is 42.0. The fourth-order valence-corrected chi connectivity index (χ4v) is 6.21. The molecule has 0 aromatic rings. The first-order chi connectivity index (χ1) is 11.3. The van der Waals surface area contributed by atoms with E-state index in [0.717, 1.165) is 24.7 Å². The number of aliphatic hydroxyl groups is 1. The van der Waals surface area contributed by atoms with Crippen LogP contribution in [-0.4, -0.2) is 16.7 Å². The van der Waals surface area contributed by atoms with Crippen LogP contribution in [0.1, 0.15) is 65.7 Å². The van der Waals surface area contributed by atoms with Crippen LogP contribution >= 0.6 is 22.6 Å². The molecular formula is C20H29IO3. The average Bonchev–Trinajstić information content (AvgIpc) is 3.00. The van der Waals surface area contributed by atoms with Gasteiger partial charge in [-0.25, -0.2) is 4.79 Å². The maximum absolute atomic E-state index is 11.6. The summed E-state index contributed by atoms with van der Waals surface area (Å²) in [5.74, 6) is 2.22. The minimum atomic E-state index is -1.44. The van der Waals surface area contributed by atoms with Crippen LogP contribution < -0.4 is 0 Å². The van der Waals surface area contributed by atoms with Gasteiger partial charge in [-0.15, -0.1) is 0 Å². The second-order valence-electron chi connectivity index (χ2n) is 8.44. The second kappa shape index (κ2) is 6.75. The molecule has 0 spiro atoms. The van der Waals surface area contributed by atoms with Crippen LogP contribution in [-0.2, 0) is 9.53 Å². The molecule has 0 aromatic carbocycles. The maximum atomic E-state index is 11.6. The Kier molecular flexibility index (Phi) is 5.18. The topological polar surface area (TPSA) is 46.5 Å². The Morgan fingerprint density at radius 3 is 2.83 bits per heavy atom. The standard InChI is InChI=1S/C20H29IO3/c1-13(6-7-15-11-20(3,23)18(22)24-15)16-8-9-17-14(12-21)5-4-10-19(16,17)2/h11-13,16-17,23H,4-10H2,1-3H3/t13-,16-,17?,19-,20-/m1/s1. The Morgan fingerprint density at radius 2 is 2.21 bits per heavy atom. The van der Waals surface area contributed by atoms with Crippen molar-refractivity contribution in [2.75, 3.05) is 0 Å². The fraction of sp³-hybridized carbons (Fsp3) is 0.750. The van der Waals surface area contributed by atoms with Crippen molar-refractivity contribution in [1.82, 2.24) is 0 Å². The maximum Gasteiger partial charge on any atom is 0.347 e. The van der Waals surface area contributed by atoms with Crippen molar-refractivity contribution in [3.05, 3.63) is 21.5 Å². The van der Waals surface area contributed by atoms with E-state index in [1.165, 1.54) is 39.0 Å². The van der Waals surface area contributed by atoms with E-state index in [2.05, 4.69) is 40.5 Å². The van der Waals surface area contributed by atoms with Gasteiger partial charge in [0.05, 0.1) is 0 Å². The summed E-state index contributed by atoms with van der Waals surface area (Å²) in [5, 5.41) is 9.90. The van der Waals surface area contributed by atoms with Crippen molar-refractivity contribution in [1.29, 1.82) is 0 Å². The van der Waals surface area contributed by atoms with E-state index < -0.39 is 11.6 Å².